The van der Waals surface area contributed by atoms with Crippen LogP contribution in [-0.2, 0) is 0 Å². The molecule has 25 heavy (non-hydrogen) atoms. The van der Waals surface area contributed by atoms with Gasteiger partial charge in [-0.3, -0.25) is 4.79 Å². The van der Waals surface area contributed by atoms with Crippen molar-refractivity contribution >= 4 is 28.1 Å². The summed E-state index contributed by atoms with van der Waals surface area (Å²) in [7, 11) is 4.04. The first-order chi connectivity index (χ1) is 12.0. The summed E-state index contributed by atoms with van der Waals surface area (Å²) in [6.07, 6.45) is 0. The van der Waals surface area contributed by atoms with E-state index < -0.39 is 0 Å². The third kappa shape index (κ3) is 3.81. The monoisotopic (exact) mass is 360 g/mol. The van der Waals surface area contributed by atoms with Gasteiger partial charge in [0.15, 0.2) is 5.76 Å². The second-order valence-corrected chi connectivity index (χ2v) is 7.22. The maximum atomic E-state index is 13.4. The maximum Gasteiger partial charge on any atom is 0.212 e. The fourth-order valence-electron chi connectivity index (χ4n) is 2.88. The van der Waals surface area contributed by atoms with Gasteiger partial charge in [0, 0.05) is 22.4 Å². The van der Waals surface area contributed by atoms with Gasteiger partial charge in [-0.1, -0.05) is 6.07 Å². The van der Waals surface area contributed by atoms with Crippen molar-refractivity contribution in [1.29, 1.82) is 0 Å². The number of benzene rings is 1. The standard InChI is InChI=1S/C19H21FN2O2S/c1-12-14-9-13(20)6-7-17(14)24-19(12)16(23)11-21-10-15(22(2)3)18-5-4-8-25-18/h4-9,15,21H,10-11H2,1-3H3. The van der Waals surface area contributed by atoms with E-state index in [9.17, 15) is 9.18 Å². The summed E-state index contributed by atoms with van der Waals surface area (Å²) >= 11 is 1.70. The Bertz CT molecular complexity index is 871. The molecule has 132 valence electrons. The molecule has 0 spiro atoms. The average Bonchev–Trinajstić information content (AvgIpc) is 3.20. The quantitative estimate of drug-likeness (QED) is 0.647. The molecule has 6 heteroatoms. The van der Waals surface area contributed by atoms with Crippen molar-refractivity contribution in [3.05, 3.63) is 57.7 Å². The van der Waals surface area contributed by atoms with Crippen LogP contribution in [0.2, 0.25) is 0 Å². The Morgan fingerprint density at radius 3 is 2.84 bits per heavy atom. The minimum Gasteiger partial charge on any atom is -0.453 e. The van der Waals surface area contributed by atoms with Crippen molar-refractivity contribution in [3.8, 4) is 0 Å². The molecule has 0 saturated heterocycles. The van der Waals surface area contributed by atoms with Crippen LogP contribution in [0.4, 0.5) is 4.39 Å². The highest BCUT2D eigenvalue weighted by Gasteiger charge is 2.19. The lowest BCUT2D eigenvalue weighted by molar-refractivity contribution is 0.0963. The second kappa shape index (κ2) is 7.47. The number of thiophene rings is 1. The van der Waals surface area contributed by atoms with Crippen LogP contribution in [0.3, 0.4) is 0 Å². The number of fused-ring (bicyclic) bond motifs is 1. The molecule has 0 bridgehead atoms. The predicted molar refractivity (Wildman–Crippen MR) is 98.9 cm³/mol. The van der Waals surface area contributed by atoms with E-state index in [-0.39, 0.29) is 24.2 Å². The topological polar surface area (TPSA) is 45.5 Å². The van der Waals surface area contributed by atoms with Gasteiger partial charge in [0.1, 0.15) is 11.4 Å². The molecule has 0 radical (unpaired) electrons. The number of carbonyl (C=O) groups excluding carboxylic acids is 1. The molecule has 0 fully saturated rings. The van der Waals surface area contributed by atoms with Crippen LogP contribution >= 0.6 is 11.3 Å². The van der Waals surface area contributed by atoms with Crippen molar-refractivity contribution in [2.75, 3.05) is 27.2 Å². The number of nitrogens with one attached hydrogen (secondary N) is 1. The smallest absolute Gasteiger partial charge is 0.212 e. The Morgan fingerprint density at radius 1 is 1.36 bits per heavy atom. The summed E-state index contributed by atoms with van der Waals surface area (Å²) in [5.74, 6) is -0.165. The SMILES string of the molecule is Cc1c(C(=O)CNCC(c2cccs2)N(C)C)oc2ccc(F)cc12. The van der Waals surface area contributed by atoms with Gasteiger partial charge < -0.3 is 14.6 Å². The molecule has 2 heterocycles. The molecule has 1 unspecified atom stereocenters. The summed E-state index contributed by atoms with van der Waals surface area (Å²) in [6, 6.07) is 8.62. The van der Waals surface area contributed by atoms with Crippen molar-refractivity contribution < 1.29 is 13.6 Å². The Hall–Kier alpha value is -2.02. The second-order valence-electron chi connectivity index (χ2n) is 6.25. The van der Waals surface area contributed by atoms with E-state index in [1.165, 1.54) is 17.0 Å². The lowest BCUT2D eigenvalue weighted by atomic mass is 10.1. The van der Waals surface area contributed by atoms with E-state index in [0.29, 0.717) is 28.8 Å². The first kappa shape index (κ1) is 17.8. The summed E-state index contributed by atoms with van der Waals surface area (Å²) < 4.78 is 19.0. The third-order valence-corrected chi connectivity index (χ3v) is 5.24. The molecule has 0 saturated carbocycles. The molecule has 0 aliphatic heterocycles. The molecular formula is C19H21FN2O2S. The van der Waals surface area contributed by atoms with Crippen LogP contribution in [0, 0.1) is 12.7 Å². The highest BCUT2D eigenvalue weighted by atomic mass is 32.1. The summed E-state index contributed by atoms with van der Waals surface area (Å²) in [5, 5.41) is 5.91. The van der Waals surface area contributed by atoms with Crippen molar-refractivity contribution in [2.45, 2.75) is 13.0 Å². The molecule has 0 aliphatic rings. The van der Waals surface area contributed by atoms with Gasteiger partial charge in [-0.15, -0.1) is 11.3 Å². The number of Topliss-reactive ketones (excluding diaryl/α,β-unsaturated/α-hetero) is 1. The lowest BCUT2D eigenvalue weighted by Gasteiger charge is -2.23. The van der Waals surface area contributed by atoms with Crippen molar-refractivity contribution in [3.63, 3.8) is 0 Å². The largest absolute Gasteiger partial charge is 0.453 e. The summed E-state index contributed by atoms with van der Waals surface area (Å²) in [4.78, 5) is 15.9. The highest BCUT2D eigenvalue weighted by Crippen LogP contribution is 2.26. The molecular weight excluding hydrogens is 339 g/mol. The molecule has 3 aromatic rings. The van der Waals surface area contributed by atoms with E-state index in [1.807, 2.05) is 25.5 Å². The first-order valence-corrected chi connectivity index (χ1v) is 8.97. The van der Waals surface area contributed by atoms with Crippen LogP contribution in [0.25, 0.3) is 11.0 Å². The molecule has 2 aromatic heterocycles. The predicted octanol–water partition coefficient (Wildman–Crippen LogP) is 4.02. The van der Waals surface area contributed by atoms with Crippen molar-refractivity contribution in [2.24, 2.45) is 0 Å². The van der Waals surface area contributed by atoms with Gasteiger partial charge in [0.05, 0.1) is 12.6 Å². The summed E-state index contributed by atoms with van der Waals surface area (Å²) in [6.45, 7) is 2.62. The van der Waals surface area contributed by atoms with E-state index in [0.717, 1.165) is 0 Å². The van der Waals surface area contributed by atoms with Crippen LogP contribution in [0.15, 0.2) is 40.1 Å². The zero-order valence-electron chi connectivity index (χ0n) is 14.5. The Balaban J connectivity index is 1.67. The number of aryl methyl sites for hydroxylation is 1. The number of hydrogen-bond donors (Lipinski definition) is 1. The molecule has 0 amide bonds. The fraction of sp³-hybridized carbons (Fsp3) is 0.316. The number of halogens is 1. The van der Waals surface area contributed by atoms with Crippen LogP contribution < -0.4 is 5.32 Å². The number of rotatable bonds is 7. The number of carbonyl (C=O) groups is 1. The Morgan fingerprint density at radius 2 is 2.16 bits per heavy atom. The number of ketones is 1. The number of hydrogen-bond acceptors (Lipinski definition) is 5. The van der Waals surface area contributed by atoms with Crippen LogP contribution in [0.1, 0.15) is 27.0 Å². The maximum absolute atomic E-state index is 13.4. The molecule has 1 N–H and O–H groups in total. The Kier molecular flexibility index (Phi) is 5.32. The van der Waals surface area contributed by atoms with Gasteiger partial charge >= 0.3 is 0 Å². The lowest BCUT2D eigenvalue weighted by Crippen LogP contribution is -2.33. The number of likely N-dealkylation sites (N-methyl/N-ethyl adjacent to an activating group) is 1. The van der Waals surface area contributed by atoms with Gasteiger partial charge in [-0.05, 0) is 50.7 Å². The van der Waals surface area contributed by atoms with Gasteiger partial charge in [0.25, 0.3) is 0 Å². The highest BCUT2D eigenvalue weighted by molar-refractivity contribution is 7.10. The van der Waals surface area contributed by atoms with Gasteiger partial charge in [0.2, 0.25) is 5.78 Å². The van der Waals surface area contributed by atoms with E-state index in [2.05, 4.69) is 16.3 Å². The van der Waals surface area contributed by atoms with Gasteiger partial charge in [-0.25, -0.2) is 4.39 Å². The molecule has 1 atom stereocenters. The molecule has 1 aromatic carbocycles. The summed E-state index contributed by atoms with van der Waals surface area (Å²) in [5.41, 5.74) is 1.22. The minimum absolute atomic E-state index is 0.127. The average molecular weight is 360 g/mol. The number of nitrogens with zero attached hydrogens (tertiary/aromatic N) is 1. The normalized spacial score (nSPS) is 12.8. The molecule has 0 aliphatic carbocycles. The first-order valence-electron chi connectivity index (χ1n) is 8.09. The molecule has 3 rings (SSSR count). The van der Waals surface area contributed by atoms with Crippen molar-refractivity contribution in [1.82, 2.24) is 10.2 Å². The van der Waals surface area contributed by atoms with Crippen LogP contribution in [0.5, 0.6) is 0 Å². The third-order valence-electron chi connectivity index (χ3n) is 4.27. The fourth-order valence-corrected chi connectivity index (χ4v) is 3.80. The van der Waals surface area contributed by atoms with Crippen LogP contribution in [-0.4, -0.2) is 37.9 Å². The minimum atomic E-state index is -0.335. The van der Waals surface area contributed by atoms with Gasteiger partial charge in [-0.2, -0.15) is 0 Å². The number of furan rings is 1. The van der Waals surface area contributed by atoms with E-state index in [4.69, 9.17) is 4.42 Å². The zero-order valence-corrected chi connectivity index (χ0v) is 15.3. The zero-order chi connectivity index (χ0) is 18.0. The van der Waals surface area contributed by atoms with E-state index in [1.54, 1.807) is 24.3 Å². The Labute approximate surface area is 150 Å². The molecule has 4 nitrogen and oxygen atoms in total. The van der Waals surface area contributed by atoms with E-state index >= 15 is 0 Å².